The van der Waals surface area contributed by atoms with Crippen LogP contribution >= 0.6 is 24.0 Å². The Morgan fingerprint density at radius 2 is 2.03 bits per heavy atom. The third kappa shape index (κ3) is 11.2. The lowest BCUT2D eigenvalue weighted by Gasteiger charge is -2.25. The summed E-state index contributed by atoms with van der Waals surface area (Å²) in [6.45, 7) is 8.35. The van der Waals surface area contributed by atoms with Crippen molar-refractivity contribution in [2.75, 3.05) is 53.6 Å². The molecule has 0 radical (unpaired) electrons. The van der Waals surface area contributed by atoms with E-state index >= 15 is 0 Å². The molecule has 6 nitrogen and oxygen atoms in total. The number of rotatable bonds is 12. The van der Waals surface area contributed by atoms with Gasteiger partial charge in [-0.05, 0) is 38.8 Å². The van der Waals surface area contributed by atoms with Gasteiger partial charge in [-0.15, -0.1) is 24.0 Å². The zero-order chi connectivity index (χ0) is 20.0. The Kier molecular flexibility index (Phi) is 14.3. The standard InChI is InChI=1S/C22H38N4O2.HI/c1-19(26(3)16-20-8-5-4-6-9-20)10-13-25-22(23-2)24-12-7-14-27-17-21-11-15-28-18-21;/h4-6,8-9,19,21H,7,10-18H2,1-3H3,(H2,23,24,25);1H. The van der Waals surface area contributed by atoms with Crippen molar-refractivity contribution >= 4 is 29.9 Å². The van der Waals surface area contributed by atoms with Gasteiger partial charge >= 0.3 is 0 Å². The number of halogens is 1. The van der Waals surface area contributed by atoms with E-state index in [0.29, 0.717) is 12.0 Å². The first-order valence-electron chi connectivity index (χ1n) is 10.5. The van der Waals surface area contributed by atoms with Gasteiger partial charge in [0.25, 0.3) is 0 Å². The number of hydrogen-bond donors (Lipinski definition) is 2. The zero-order valence-corrected chi connectivity index (χ0v) is 20.6. The number of ether oxygens (including phenoxy) is 2. The summed E-state index contributed by atoms with van der Waals surface area (Å²) < 4.78 is 11.1. The van der Waals surface area contributed by atoms with Crippen LogP contribution in [-0.2, 0) is 16.0 Å². The second kappa shape index (κ2) is 15.9. The van der Waals surface area contributed by atoms with Crippen LogP contribution in [0.3, 0.4) is 0 Å². The first-order chi connectivity index (χ1) is 13.7. The van der Waals surface area contributed by atoms with Crippen LogP contribution in [0.5, 0.6) is 0 Å². The normalized spacial score (nSPS) is 17.8. The van der Waals surface area contributed by atoms with Gasteiger partial charge in [0.2, 0.25) is 0 Å². The molecule has 1 fully saturated rings. The number of benzene rings is 1. The summed E-state index contributed by atoms with van der Waals surface area (Å²) in [7, 11) is 4.00. The van der Waals surface area contributed by atoms with Gasteiger partial charge in [-0.1, -0.05) is 30.3 Å². The second-order valence-corrected chi connectivity index (χ2v) is 7.62. The van der Waals surface area contributed by atoms with Gasteiger partial charge in [-0.2, -0.15) is 0 Å². The predicted molar refractivity (Wildman–Crippen MR) is 131 cm³/mol. The van der Waals surface area contributed by atoms with Gasteiger partial charge in [0.1, 0.15) is 0 Å². The fraction of sp³-hybridized carbons (Fsp3) is 0.682. The van der Waals surface area contributed by atoms with E-state index in [1.165, 1.54) is 5.56 Å². The van der Waals surface area contributed by atoms with E-state index < -0.39 is 0 Å². The van der Waals surface area contributed by atoms with Crippen molar-refractivity contribution in [2.24, 2.45) is 10.9 Å². The highest BCUT2D eigenvalue weighted by atomic mass is 127. The molecule has 2 atom stereocenters. The molecule has 1 heterocycles. The van der Waals surface area contributed by atoms with E-state index in [4.69, 9.17) is 9.47 Å². The van der Waals surface area contributed by atoms with Gasteiger partial charge < -0.3 is 20.1 Å². The van der Waals surface area contributed by atoms with E-state index in [1.54, 1.807) is 0 Å². The van der Waals surface area contributed by atoms with E-state index in [-0.39, 0.29) is 24.0 Å². The Morgan fingerprint density at radius 3 is 2.72 bits per heavy atom. The van der Waals surface area contributed by atoms with E-state index in [1.807, 2.05) is 7.05 Å². The van der Waals surface area contributed by atoms with Gasteiger partial charge in [0, 0.05) is 51.9 Å². The molecule has 1 saturated heterocycles. The van der Waals surface area contributed by atoms with Crippen LogP contribution in [0, 0.1) is 5.92 Å². The molecule has 0 bridgehead atoms. The maximum atomic E-state index is 5.73. The topological polar surface area (TPSA) is 58.1 Å². The number of guanidine groups is 1. The summed E-state index contributed by atoms with van der Waals surface area (Å²) in [5.74, 6) is 1.45. The number of nitrogens with zero attached hydrogens (tertiary/aromatic N) is 2. The summed E-state index contributed by atoms with van der Waals surface area (Å²) in [6, 6.07) is 11.1. The van der Waals surface area contributed by atoms with Crippen molar-refractivity contribution < 1.29 is 9.47 Å². The summed E-state index contributed by atoms with van der Waals surface area (Å²) in [6.07, 6.45) is 3.18. The lowest BCUT2D eigenvalue weighted by molar-refractivity contribution is 0.0888. The Hall–Kier alpha value is -0.900. The number of aliphatic imine (C=N–C) groups is 1. The monoisotopic (exact) mass is 518 g/mol. The van der Waals surface area contributed by atoms with Gasteiger partial charge in [-0.25, -0.2) is 0 Å². The molecule has 2 rings (SSSR count). The fourth-order valence-corrected chi connectivity index (χ4v) is 3.21. The smallest absolute Gasteiger partial charge is 0.190 e. The average molecular weight is 518 g/mol. The summed E-state index contributed by atoms with van der Waals surface area (Å²) >= 11 is 0. The Balaban J connectivity index is 0.00000420. The van der Waals surface area contributed by atoms with Gasteiger partial charge in [0.15, 0.2) is 5.96 Å². The molecule has 2 N–H and O–H groups in total. The lowest BCUT2D eigenvalue weighted by Crippen LogP contribution is -2.40. The first kappa shape index (κ1) is 26.1. The molecule has 1 aromatic rings. The molecule has 7 heteroatoms. The van der Waals surface area contributed by atoms with Crippen LogP contribution in [-0.4, -0.2) is 70.5 Å². The molecule has 166 valence electrons. The molecule has 29 heavy (non-hydrogen) atoms. The minimum absolute atomic E-state index is 0. The van der Waals surface area contributed by atoms with Crippen molar-refractivity contribution in [3.63, 3.8) is 0 Å². The zero-order valence-electron chi connectivity index (χ0n) is 18.2. The van der Waals surface area contributed by atoms with Crippen molar-refractivity contribution in [2.45, 2.75) is 38.8 Å². The fourth-order valence-electron chi connectivity index (χ4n) is 3.21. The van der Waals surface area contributed by atoms with Crippen molar-refractivity contribution in [3.05, 3.63) is 35.9 Å². The van der Waals surface area contributed by atoms with E-state index in [0.717, 1.165) is 71.3 Å². The Labute approximate surface area is 193 Å². The Bertz CT molecular complexity index is 553. The molecule has 0 aromatic heterocycles. The van der Waals surface area contributed by atoms with Crippen LogP contribution < -0.4 is 10.6 Å². The lowest BCUT2D eigenvalue weighted by atomic mass is 10.1. The largest absolute Gasteiger partial charge is 0.381 e. The van der Waals surface area contributed by atoms with Crippen LogP contribution in [0.2, 0.25) is 0 Å². The summed E-state index contributed by atoms with van der Waals surface area (Å²) in [4.78, 5) is 6.69. The van der Waals surface area contributed by atoms with Crippen LogP contribution in [0.1, 0.15) is 31.7 Å². The van der Waals surface area contributed by atoms with Crippen LogP contribution in [0.25, 0.3) is 0 Å². The molecule has 1 aromatic carbocycles. The van der Waals surface area contributed by atoms with E-state index in [9.17, 15) is 0 Å². The highest BCUT2D eigenvalue weighted by molar-refractivity contribution is 14.0. The van der Waals surface area contributed by atoms with Crippen molar-refractivity contribution in [1.82, 2.24) is 15.5 Å². The summed E-state index contributed by atoms with van der Waals surface area (Å²) in [5, 5.41) is 6.77. The molecule has 0 aliphatic carbocycles. The molecule has 0 spiro atoms. The molecular formula is C22H39IN4O2. The molecule has 0 amide bonds. The third-order valence-corrected chi connectivity index (χ3v) is 5.24. The maximum absolute atomic E-state index is 5.73. The van der Waals surface area contributed by atoms with Crippen molar-refractivity contribution in [1.29, 1.82) is 0 Å². The molecule has 1 aliphatic rings. The van der Waals surface area contributed by atoms with Gasteiger partial charge in [0.05, 0.1) is 13.2 Å². The third-order valence-electron chi connectivity index (χ3n) is 5.24. The number of hydrogen-bond acceptors (Lipinski definition) is 4. The highest BCUT2D eigenvalue weighted by Gasteiger charge is 2.15. The van der Waals surface area contributed by atoms with Crippen LogP contribution in [0.15, 0.2) is 35.3 Å². The first-order valence-corrected chi connectivity index (χ1v) is 10.5. The maximum Gasteiger partial charge on any atom is 0.190 e. The second-order valence-electron chi connectivity index (χ2n) is 7.62. The molecule has 1 aliphatic heterocycles. The van der Waals surface area contributed by atoms with Gasteiger partial charge in [-0.3, -0.25) is 9.89 Å². The Morgan fingerprint density at radius 1 is 1.28 bits per heavy atom. The quantitative estimate of drug-likeness (QED) is 0.193. The van der Waals surface area contributed by atoms with Crippen LogP contribution in [0.4, 0.5) is 0 Å². The molecule has 0 saturated carbocycles. The SMILES string of the molecule is CN=C(NCCCOCC1CCOC1)NCCC(C)N(C)Cc1ccccc1.I. The predicted octanol–water partition coefficient (Wildman–Crippen LogP) is 3.12. The summed E-state index contributed by atoms with van der Waals surface area (Å²) in [5.41, 5.74) is 1.35. The molecular weight excluding hydrogens is 479 g/mol. The number of nitrogens with one attached hydrogen (secondary N) is 2. The van der Waals surface area contributed by atoms with E-state index in [2.05, 4.69) is 64.8 Å². The minimum Gasteiger partial charge on any atom is -0.381 e. The average Bonchev–Trinajstić information content (AvgIpc) is 3.23. The van der Waals surface area contributed by atoms with Crippen molar-refractivity contribution in [3.8, 4) is 0 Å². The minimum atomic E-state index is 0. The molecule has 2 unspecified atom stereocenters. The highest BCUT2D eigenvalue weighted by Crippen LogP contribution is 2.12.